The van der Waals surface area contributed by atoms with E-state index in [9.17, 15) is 0 Å². The summed E-state index contributed by atoms with van der Waals surface area (Å²) in [6.45, 7) is 12.0. The smallest absolute Gasteiger partial charge is 0.0244 e. The molecule has 16 heavy (non-hydrogen) atoms. The fourth-order valence-electron chi connectivity index (χ4n) is 2.65. The predicted octanol–water partition coefficient (Wildman–Crippen LogP) is 2.06. The summed E-state index contributed by atoms with van der Waals surface area (Å²) in [6, 6.07) is 0.662. The maximum Gasteiger partial charge on any atom is 0.0244 e. The molecule has 0 radical (unpaired) electrons. The van der Waals surface area contributed by atoms with Gasteiger partial charge in [-0.1, -0.05) is 20.8 Å². The van der Waals surface area contributed by atoms with Gasteiger partial charge in [-0.2, -0.15) is 11.8 Å². The third kappa shape index (κ3) is 3.38. The summed E-state index contributed by atoms with van der Waals surface area (Å²) in [4.78, 5) is 2.68. The molecule has 0 aromatic heterocycles. The third-order valence-corrected chi connectivity index (χ3v) is 5.08. The van der Waals surface area contributed by atoms with Crippen LogP contribution < -0.4 is 5.32 Å². The van der Waals surface area contributed by atoms with Crippen LogP contribution in [0.4, 0.5) is 0 Å². The van der Waals surface area contributed by atoms with Crippen LogP contribution in [0.2, 0.25) is 0 Å². The van der Waals surface area contributed by atoms with Crippen LogP contribution in [0.3, 0.4) is 0 Å². The lowest BCUT2D eigenvalue weighted by atomic mass is 9.85. The summed E-state index contributed by atoms with van der Waals surface area (Å²) in [5.74, 6) is 3.74. The van der Waals surface area contributed by atoms with Crippen molar-refractivity contribution in [3.05, 3.63) is 0 Å². The molecule has 0 aliphatic carbocycles. The Morgan fingerprint density at radius 3 is 2.81 bits per heavy atom. The van der Waals surface area contributed by atoms with Gasteiger partial charge < -0.3 is 10.2 Å². The van der Waals surface area contributed by atoms with E-state index in [4.69, 9.17) is 0 Å². The number of nitrogens with one attached hydrogen (secondary N) is 1. The fourth-order valence-corrected chi connectivity index (χ4v) is 3.92. The van der Waals surface area contributed by atoms with Crippen LogP contribution in [0, 0.1) is 11.3 Å². The molecule has 0 amide bonds. The highest BCUT2D eigenvalue weighted by Gasteiger charge is 2.30. The van der Waals surface area contributed by atoms with Crippen molar-refractivity contribution in [2.45, 2.75) is 33.2 Å². The highest BCUT2D eigenvalue weighted by atomic mass is 32.2. The summed E-state index contributed by atoms with van der Waals surface area (Å²) in [6.07, 6.45) is 1.44. The maximum atomic E-state index is 3.67. The van der Waals surface area contributed by atoms with Gasteiger partial charge in [0.05, 0.1) is 0 Å². The molecule has 0 saturated carbocycles. The molecule has 2 saturated heterocycles. The van der Waals surface area contributed by atoms with E-state index >= 15 is 0 Å². The van der Waals surface area contributed by atoms with Crippen LogP contribution in [0.25, 0.3) is 0 Å². The monoisotopic (exact) mass is 242 g/mol. The van der Waals surface area contributed by atoms with Crippen molar-refractivity contribution in [3.8, 4) is 0 Å². The topological polar surface area (TPSA) is 15.3 Å². The summed E-state index contributed by atoms with van der Waals surface area (Å²) in [5, 5.41) is 3.67. The second-order valence-electron chi connectivity index (χ2n) is 6.36. The van der Waals surface area contributed by atoms with E-state index in [-0.39, 0.29) is 0 Å². The molecule has 2 atom stereocenters. The van der Waals surface area contributed by atoms with Crippen LogP contribution in [0.5, 0.6) is 0 Å². The highest BCUT2D eigenvalue weighted by Crippen LogP contribution is 2.26. The minimum atomic E-state index is 0.392. The van der Waals surface area contributed by atoms with Crippen molar-refractivity contribution in [1.82, 2.24) is 10.2 Å². The number of nitrogens with zero attached hydrogens (tertiary/aromatic N) is 1. The Morgan fingerprint density at radius 1 is 1.38 bits per heavy atom. The number of thioether (sulfide) groups is 1. The van der Waals surface area contributed by atoms with Gasteiger partial charge in [0.15, 0.2) is 0 Å². The first kappa shape index (κ1) is 12.7. The maximum absolute atomic E-state index is 3.67. The first-order valence-corrected chi connectivity index (χ1v) is 7.74. The molecule has 0 spiro atoms. The van der Waals surface area contributed by atoms with Crippen molar-refractivity contribution in [1.29, 1.82) is 0 Å². The van der Waals surface area contributed by atoms with Crippen LogP contribution in [-0.2, 0) is 0 Å². The zero-order chi connectivity index (χ0) is 11.6. The second-order valence-corrected chi connectivity index (χ2v) is 7.51. The zero-order valence-electron chi connectivity index (χ0n) is 11.0. The minimum Gasteiger partial charge on any atom is -0.311 e. The van der Waals surface area contributed by atoms with Gasteiger partial charge in [-0.05, 0) is 29.3 Å². The molecule has 1 N–H and O–H groups in total. The number of piperazine rings is 1. The molecule has 2 fully saturated rings. The molecule has 0 aromatic carbocycles. The van der Waals surface area contributed by atoms with Gasteiger partial charge >= 0.3 is 0 Å². The molecular formula is C13H26N2S. The van der Waals surface area contributed by atoms with E-state index in [1.165, 1.54) is 44.1 Å². The summed E-state index contributed by atoms with van der Waals surface area (Å²) in [7, 11) is 0. The summed E-state index contributed by atoms with van der Waals surface area (Å²) in [5.41, 5.74) is 0.392. The van der Waals surface area contributed by atoms with Crippen molar-refractivity contribution < 1.29 is 0 Å². The molecule has 2 rings (SSSR count). The molecule has 94 valence electrons. The molecule has 0 bridgehead atoms. The van der Waals surface area contributed by atoms with Crippen LogP contribution in [0.15, 0.2) is 0 Å². The highest BCUT2D eigenvalue weighted by molar-refractivity contribution is 7.99. The average molecular weight is 242 g/mol. The Kier molecular flexibility index (Phi) is 4.20. The Balaban J connectivity index is 1.81. The number of hydrogen-bond acceptors (Lipinski definition) is 3. The van der Waals surface area contributed by atoms with Crippen molar-refractivity contribution in [2.75, 3.05) is 37.7 Å². The molecule has 2 nitrogen and oxygen atoms in total. The fraction of sp³-hybridized carbons (Fsp3) is 1.00. The van der Waals surface area contributed by atoms with E-state index in [0.29, 0.717) is 11.5 Å². The normalized spacial score (nSPS) is 33.2. The van der Waals surface area contributed by atoms with Gasteiger partial charge in [0, 0.05) is 32.2 Å². The minimum absolute atomic E-state index is 0.392. The molecule has 2 aliphatic rings. The van der Waals surface area contributed by atoms with Gasteiger partial charge in [0.25, 0.3) is 0 Å². The van der Waals surface area contributed by atoms with Gasteiger partial charge in [-0.3, -0.25) is 0 Å². The Labute approximate surface area is 105 Å². The first-order valence-electron chi connectivity index (χ1n) is 6.59. The number of rotatable bonds is 2. The van der Waals surface area contributed by atoms with Crippen molar-refractivity contribution in [3.63, 3.8) is 0 Å². The zero-order valence-corrected chi connectivity index (χ0v) is 11.8. The quantitative estimate of drug-likeness (QED) is 0.798. The lowest BCUT2D eigenvalue weighted by Crippen LogP contribution is -2.56. The van der Waals surface area contributed by atoms with Gasteiger partial charge in [0.2, 0.25) is 0 Å². The van der Waals surface area contributed by atoms with Crippen LogP contribution >= 0.6 is 11.8 Å². The van der Waals surface area contributed by atoms with Crippen molar-refractivity contribution >= 4 is 11.8 Å². The van der Waals surface area contributed by atoms with E-state index in [0.717, 1.165) is 5.92 Å². The van der Waals surface area contributed by atoms with Gasteiger partial charge in [-0.15, -0.1) is 0 Å². The molecular weight excluding hydrogens is 216 g/mol. The SMILES string of the molecule is CC(C)(C)C1CN(CC2CCSC2)CCN1. The second kappa shape index (κ2) is 5.28. The van der Waals surface area contributed by atoms with Gasteiger partial charge in [-0.25, -0.2) is 0 Å². The lowest BCUT2D eigenvalue weighted by molar-refractivity contribution is 0.123. The van der Waals surface area contributed by atoms with Gasteiger partial charge in [0.1, 0.15) is 0 Å². The first-order chi connectivity index (χ1) is 7.55. The summed E-state index contributed by atoms with van der Waals surface area (Å²) >= 11 is 2.13. The van der Waals surface area contributed by atoms with E-state index in [2.05, 4.69) is 42.7 Å². The standard InChI is InChI=1S/C13H26N2S/c1-13(2,3)12-9-15(6-5-14-12)8-11-4-7-16-10-11/h11-12,14H,4-10H2,1-3H3. The molecule has 0 aromatic rings. The van der Waals surface area contributed by atoms with E-state index < -0.39 is 0 Å². The Bertz CT molecular complexity index is 218. The lowest BCUT2D eigenvalue weighted by Gasteiger charge is -2.41. The van der Waals surface area contributed by atoms with Crippen molar-refractivity contribution in [2.24, 2.45) is 11.3 Å². The van der Waals surface area contributed by atoms with Crippen LogP contribution in [-0.4, -0.2) is 48.6 Å². The third-order valence-electron chi connectivity index (χ3n) is 3.85. The molecule has 3 heteroatoms. The van der Waals surface area contributed by atoms with E-state index in [1.807, 2.05) is 0 Å². The summed E-state index contributed by atoms with van der Waals surface area (Å²) < 4.78 is 0. The average Bonchev–Trinajstić information content (AvgIpc) is 2.70. The van der Waals surface area contributed by atoms with E-state index in [1.54, 1.807) is 0 Å². The number of hydrogen-bond donors (Lipinski definition) is 1. The largest absolute Gasteiger partial charge is 0.311 e. The van der Waals surface area contributed by atoms with Crippen LogP contribution in [0.1, 0.15) is 27.2 Å². The molecule has 2 unspecified atom stereocenters. The Morgan fingerprint density at radius 2 is 2.19 bits per heavy atom. The predicted molar refractivity (Wildman–Crippen MR) is 73.1 cm³/mol. The molecule has 2 aliphatic heterocycles. The molecule has 2 heterocycles. The Hall–Kier alpha value is 0.270.